The average molecular weight is 585 g/mol. The number of piperazine rings is 1. The summed E-state index contributed by atoms with van der Waals surface area (Å²) in [5, 5.41) is 37.5. The van der Waals surface area contributed by atoms with Crippen LogP contribution in [0.5, 0.6) is 11.6 Å². The lowest BCUT2D eigenvalue weighted by Gasteiger charge is -2.56. The molecule has 12 heteroatoms. The van der Waals surface area contributed by atoms with Crippen molar-refractivity contribution in [3.8, 4) is 28.8 Å². The molecule has 4 aromatic heterocycles. The van der Waals surface area contributed by atoms with Crippen molar-refractivity contribution >= 4 is 17.2 Å². The van der Waals surface area contributed by atoms with E-state index in [1.54, 1.807) is 44.8 Å². The monoisotopic (exact) mass is 584 g/mol. The van der Waals surface area contributed by atoms with Gasteiger partial charge in [0.05, 0.1) is 24.4 Å². The third kappa shape index (κ3) is 5.92. The van der Waals surface area contributed by atoms with Crippen molar-refractivity contribution in [3.63, 3.8) is 0 Å². The molecule has 0 aromatic carbocycles. The van der Waals surface area contributed by atoms with Gasteiger partial charge in [-0.1, -0.05) is 6.07 Å². The van der Waals surface area contributed by atoms with Crippen molar-refractivity contribution in [1.29, 1.82) is 5.26 Å². The van der Waals surface area contributed by atoms with E-state index in [1.165, 1.54) is 12.0 Å². The van der Waals surface area contributed by atoms with Gasteiger partial charge in [-0.2, -0.15) is 5.26 Å². The molecule has 0 amide bonds. The van der Waals surface area contributed by atoms with Crippen molar-refractivity contribution in [2.24, 2.45) is 0 Å². The summed E-state index contributed by atoms with van der Waals surface area (Å²) in [6, 6.07) is 12.9. The number of nitrogens with zero attached hydrogens (tertiary/aromatic N) is 7. The highest BCUT2D eigenvalue weighted by Crippen LogP contribution is 2.37. The molecule has 7 rings (SSSR count). The van der Waals surface area contributed by atoms with Crippen LogP contribution in [0, 0.1) is 11.3 Å². The van der Waals surface area contributed by atoms with Crippen LogP contribution >= 0.6 is 0 Å². The van der Waals surface area contributed by atoms with E-state index in [0.29, 0.717) is 40.4 Å². The number of hydrogen-bond donors (Lipinski definition) is 3. The summed E-state index contributed by atoms with van der Waals surface area (Å²) in [6.45, 7) is 7.63. The Morgan fingerprint density at radius 1 is 1.16 bits per heavy atom. The van der Waals surface area contributed by atoms with Gasteiger partial charge in [0.2, 0.25) is 5.88 Å². The maximum absolute atomic E-state index is 10.2. The summed E-state index contributed by atoms with van der Waals surface area (Å²) in [6.07, 6.45) is 5.63. The molecule has 0 radical (unpaired) electrons. The minimum atomic E-state index is -1.03. The Balaban J connectivity index is 1.24. The Kier molecular flexibility index (Phi) is 7.56. The molecular weight excluding hydrogens is 548 g/mol. The lowest BCUT2D eigenvalue weighted by atomic mass is 9.87. The lowest BCUT2D eigenvalue weighted by molar-refractivity contribution is -0.00876. The van der Waals surface area contributed by atoms with Gasteiger partial charge in [0, 0.05) is 61.3 Å². The van der Waals surface area contributed by atoms with E-state index in [4.69, 9.17) is 14.5 Å². The molecule has 3 saturated heterocycles. The summed E-state index contributed by atoms with van der Waals surface area (Å²) < 4.78 is 12.6. The number of aliphatic hydroxyl groups is 2. The maximum atomic E-state index is 10.2. The highest BCUT2D eigenvalue weighted by Gasteiger charge is 2.44. The molecule has 43 heavy (non-hydrogen) atoms. The van der Waals surface area contributed by atoms with Gasteiger partial charge in [0.25, 0.3) is 0 Å². The van der Waals surface area contributed by atoms with Crippen molar-refractivity contribution in [3.05, 3.63) is 60.0 Å². The van der Waals surface area contributed by atoms with Crippen molar-refractivity contribution in [2.75, 3.05) is 37.0 Å². The molecule has 3 N–H and O–H groups in total. The predicted molar refractivity (Wildman–Crippen MR) is 161 cm³/mol. The number of nitrogens with one attached hydrogen (secondary N) is 1. The van der Waals surface area contributed by atoms with Gasteiger partial charge in [0.15, 0.2) is 5.82 Å². The van der Waals surface area contributed by atoms with E-state index in [2.05, 4.69) is 37.3 Å². The van der Waals surface area contributed by atoms with Gasteiger partial charge in [-0.05, 0) is 51.0 Å². The maximum Gasteiger partial charge on any atom is 0.212 e. The summed E-state index contributed by atoms with van der Waals surface area (Å²) in [5.41, 5.74) is 2.51. The second-order valence-corrected chi connectivity index (χ2v) is 11.9. The fourth-order valence-electron chi connectivity index (χ4n) is 5.82. The first kappa shape index (κ1) is 28.7. The second kappa shape index (κ2) is 11.3. The number of hydrogen-bond acceptors (Lipinski definition) is 11. The molecule has 224 valence electrons. The normalized spacial score (nSPS) is 19.0. The van der Waals surface area contributed by atoms with E-state index in [9.17, 15) is 15.5 Å². The van der Waals surface area contributed by atoms with Crippen LogP contribution in [-0.4, -0.2) is 85.4 Å². The number of anilines is 2. The Hall–Kier alpha value is -4.44. The van der Waals surface area contributed by atoms with E-state index in [-0.39, 0.29) is 12.4 Å². The summed E-state index contributed by atoms with van der Waals surface area (Å²) >= 11 is 0. The SMILES string of the molecule is COc1ccc(CN2C3CC2CN(c2ccc(-c4cc(OCC(C)(C)O)cn5nc(NC(C)O)c(C#N)c45)cn2)C3)cn1. The van der Waals surface area contributed by atoms with E-state index < -0.39 is 11.8 Å². The molecule has 3 aliphatic heterocycles. The minimum Gasteiger partial charge on any atom is -0.489 e. The highest BCUT2D eigenvalue weighted by molar-refractivity contribution is 5.88. The fraction of sp³-hybridized carbons (Fsp3) is 0.419. The summed E-state index contributed by atoms with van der Waals surface area (Å²) in [7, 11) is 1.62. The number of aliphatic hydroxyl groups excluding tert-OH is 1. The summed E-state index contributed by atoms with van der Waals surface area (Å²) in [4.78, 5) is 14.0. The number of rotatable bonds is 10. The first-order chi connectivity index (χ1) is 20.6. The van der Waals surface area contributed by atoms with Crippen LogP contribution in [0.2, 0.25) is 0 Å². The largest absolute Gasteiger partial charge is 0.489 e. The van der Waals surface area contributed by atoms with E-state index >= 15 is 0 Å². The van der Waals surface area contributed by atoms with Gasteiger partial charge in [-0.25, -0.2) is 14.5 Å². The molecule has 3 atom stereocenters. The van der Waals surface area contributed by atoms with Gasteiger partial charge in [0.1, 0.15) is 36.0 Å². The zero-order valence-corrected chi connectivity index (χ0v) is 24.7. The van der Waals surface area contributed by atoms with Crippen LogP contribution in [0.25, 0.3) is 16.6 Å². The Labute approximate surface area is 250 Å². The number of methoxy groups -OCH3 is 1. The lowest BCUT2D eigenvalue weighted by Crippen LogP contribution is -2.68. The Morgan fingerprint density at radius 2 is 1.95 bits per heavy atom. The van der Waals surface area contributed by atoms with Gasteiger partial charge >= 0.3 is 0 Å². The van der Waals surface area contributed by atoms with Gasteiger partial charge in [-0.3, -0.25) is 4.90 Å². The molecule has 3 aliphatic rings. The molecule has 7 heterocycles. The molecule has 0 spiro atoms. The van der Waals surface area contributed by atoms with Crippen molar-refractivity contribution in [2.45, 2.75) is 57.6 Å². The minimum absolute atomic E-state index is 0.0730. The van der Waals surface area contributed by atoms with Crippen LogP contribution < -0.4 is 19.7 Å². The molecule has 12 nitrogen and oxygen atoms in total. The number of fused-ring (bicyclic) bond motifs is 3. The number of ether oxygens (including phenoxy) is 2. The molecule has 3 unspecified atom stereocenters. The van der Waals surface area contributed by atoms with Crippen LogP contribution in [0.1, 0.15) is 38.3 Å². The molecule has 0 saturated carbocycles. The van der Waals surface area contributed by atoms with Crippen molar-refractivity contribution < 1.29 is 19.7 Å². The van der Waals surface area contributed by atoms with Crippen LogP contribution in [0.15, 0.2) is 48.9 Å². The smallest absolute Gasteiger partial charge is 0.212 e. The third-order valence-electron chi connectivity index (χ3n) is 7.85. The first-order valence-corrected chi connectivity index (χ1v) is 14.3. The molecule has 3 fully saturated rings. The molecule has 4 aromatic rings. The molecular formula is C31H36N8O4. The van der Waals surface area contributed by atoms with Crippen LogP contribution in [0.3, 0.4) is 0 Å². The number of piperidine rings is 1. The third-order valence-corrected chi connectivity index (χ3v) is 7.85. The fourth-order valence-corrected chi connectivity index (χ4v) is 5.82. The zero-order chi connectivity index (χ0) is 30.3. The first-order valence-electron chi connectivity index (χ1n) is 14.3. The summed E-state index contributed by atoms with van der Waals surface area (Å²) in [5.74, 6) is 2.27. The Bertz CT molecular complexity index is 1630. The zero-order valence-electron chi connectivity index (χ0n) is 24.7. The van der Waals surface area contributed by atoms with Gasteiger partial charge < -0.3 is 29.9 Å². The van der Waals surface area contributed by atoms with Crippen molar-refractivity contribution in [1.82, 2.24) is 24.5 Å². The molecule has 2 bridgehead atoms. The standard InChI is InChI=1S/C31H36N8O4/c1-19(40)35-30-26(11-32)29-25(10-24(17-39(29)36-30)43-18-31(2,3)41)21-6-7-27(33-13-21)37-15-22-9-23(16-37)38(22)14-20-5-8-28(42-4)34-12-20/h5-8,10,12-13,17,19,22-23,40-41H,9,14-16,18H2,1-4H3,(H,35,36). The number of pyridine rings is 3. The van der Waals surface area contributed by atoms with Crippen LogP contribution in [-0.2, 0) is 6.54 Å². The number of nitriles is 1. The highest BCUT2D eigenvalue weighted by atomic mass is 16.5. The predicted octanol–water partition coefficient (Wildman–Crippen LogP) is 3.03. The van der Waals surface area contributed by atoms with E-state index in [1.807, 2.05) is 30.5 Å². The van der Waals surface area contributed by atoms with E-state index in [0.717, 1.165) is 31.0 Å². The van der Waals surface area contributed by atoms with Gasteiger partial charge in [-0.15, -0.1) is 5.10 Å². The molecule has 0 aliphatic carbocycles. The topological polar surface area (TPSA) is 144 Å². The average Bonchev–Trinajstić information content (AvgIpc) is 3.34. The van der Waals surface area contributed by atoms with Crippen LogP contribution in [0.4, 0.5) is 11.6 Å². The number of aromatic nitrogens is 4. The second-order valence-electron chi connectivity index (χ2n) is 11.9. The Morgan fingerprint density at radius 3 is 2.56 bits per heavy atom. The quantitative estimate of drug-likeness (QED) is 0.237.